The summed E-state index contributed by atoms with van der Waals surface area (Å²) in [4.78, 5) is 35.6. The SMILES string of the molecule is CCCN(C(=O)C(c1ccccc1)c1ccccc1)C(C)c1nc2ccccc2c(=O)n1-c1cc(C)ccc1OC. The van der Waals surface area contributed by atoms with Crippen LogP contribution in [0.1, 0.15) is 54.7 Å². The Hall–Kier alpha value is -4.71. The summed E-state index contributed by atoms with van der Waals surface area (Å²) in [7, 11) is 1.59. The number of aromatic nitrogens is 2. The quantitative estimate of drug-likeness (QED) is 0.204. The number of amides is 1. The maximum Gasteiger partial charge on any atom is 0.266 e. The van der Waals surface area contributed by atoms with Crippen molar-refractivity contribution in [3.05, 3.63) is 136 Å². The van der Waals surface area contributed by atoms with E-state index >= 15 is 0 Å². The van der Waals surface area contributed by atoms with E-state index in [0.717, 1.165) is 23.1 Å². The summed E-state index contributed by atoms with van der Waals surface area (Å²) in [5.74, 6) is 0.504. The molecule has 0 N–H and O–H groups in total. The van der Waals surface area contributed by atoms with Gasteiger partial charge in [-0.15, -0.1) is 0 Å². The number of hydrogen-bond acceptors (Lipinski definition) is 4. The van der Waals surface area contributed by atoms with Gasteiger partial charge >= 0.3 is 0 Å². The van der Waals surface area contributed by atoms with E-state index in [9.17, 15) is 9.59 Å². The largest absolute Gasteiger partial charge is 0.495 e. The van der Waals surface area contributed by atoms with Crippen LogP contribution in [0.4, 0.5) is 0 Å². The normalized spacial score (nSPS) is 11.9. The molecule has 6 nitrogen and oxygen atoms in total. The van der Waals surface area contributed by atoms with Crippen molar-refractivity contribution < 1.29 is 9.53 Å². The van der Waals surface area contributed by atoms with Gasteiger partial charge in [-0.25, -0.2) is 4.98 Å². The molecule has 0 aliphatic heterocycles. The molecule has 1 heterocycles. The molecule has 1 amide bonds. The first-order valence-corrected chi connectivity index (χ1v) is 14.0. The lowest BCUT2D eigenvalue weighted by Crippen LogP contribution is -2.40. The van der Waals surface area contributed by atoms with Crippen molar-refractivity contribution in [1.29, 1.82) is 0 Å². The predicted molar refractivity (Wildman–Crippen MR) is 164 cm³/mol. The minimum Gasteiger partial charge on any atom is -0.495 e. The van der Waals surface area contributed by atoms with Crippen LogP contribution in [0.2, 0.25) is 0 Å². The number of hydrogen-bond donors (Lipinski definition) is 0. The second-order valence-electron chi connectivity index (χ2n) is 10.3. The summed E-state index contributed by atoms with van der Waals surface area (Å²) in [5, 5.41) is 0.506. The fourth-order valence-electron chi connectivity index (χ4n) is 5.45. The van der Waals surface area contributed by atoms with E-state index in [1.807, 2.05) is 116 Å². The number of carbonyl (C=O) groups is 1. The fraction of sp³-hybridized carbons (Fsp3) is 0.229. The Labute approximate surface area is 240 Å². The van der Waals surface area contributed by atoms with Gasteiger partial charge in [0.2, 0.25) is 5.91 Å². The maximum absolute atomic E-state index is 14.6. The van der Waals surface area contributed by atoms with Crippen LogP contribution in [0.3, 0.4) is 0 Å². The molecule has 0 radical (unpaired) electrons. The van der Waals surface area contributed by atoms with Crippen molar-refractivity contribution in [2.24, 2.45) is 0 Å². The van der Waals surface area contributed by atoms with E-state index < -0.39 is 12.0 Å². The zero-order chi connectivity index (χ0) is 28.9. The molecule has 0 aliphatic rings. The number of benzene rings is 4. The van der Waals surface area contributed by atoms with E-state index in [1.54, 1.807) is 17.7 Å². The second-order valence-corrected chi connectivity index (χ2v) is 10.3. The van der Waals surface area contributed by atoms with E-state index in [2.05, 4.69) is 6.92 Å². The molecule has 1 aromatic heterocycles. The van der Waals surface area contributed by atoms with Crippen LogP contribution in [0, 0.1) is 6.92 Å². The van der Waals surface area contributed by atoms with E-state index in [1.165, 1.54) is 0 Å². The van der Waals surface area contributed by atoms with Crippen molar-refractivity contribution in [3.8, 4) is 11.4 Å². The Morgan fingerprint density at radius 3 is 2.12 bits per heavy atom. The molecule has 5 aromatic rings. The zero-order valence-corrected chi connectivity index (χ0v) is 24.0. The molecule has 0 spiro atoms. The highest BCUT2D eigenvalue weighted by Crippen LogP contribution is 2.33. The van der Waals surface area contributed by atoms with Crippen LogP contribution < -0.4 is 10.3 Å². The number of nitrogens with zero attached hydrogens (tertiary/aromatic N) is 3. The first-order chi connectivity index (χ1) is 19.9. The number of ether oxygens (including phenoxy) is 1. The highest BCUT2D eigenvalue weighted by molar-refractivity contribution is 5.87. The van der Waals surface area contributed by atoms with Crippen LogP contribution in [0.5, 0.6) is 5.75 Å². The van der Waals surface area contributed by atoms with Gasteiger partial charge in [-0.2, -0.15) is 0 Å². The second kappa shape index (κ2) is 12.2. The lowest BCUT2D eigenvalue weighted by molar-refractivity contribution is -0.134. The molecule has 0 fully saturated rings. The summed E-state index contributed by atoms with van der Waals surface area (Å²) in [5.41, 5.74) is 3.81. The molecule has 208 valence electrons. The number of rotatable bonds is 9. The molecule has 0 aliphatic carbocycles. The Kier molecular flexibility index (Phi) is 8.29. The van der Waals surface area contributed by atoms with E-state index in [-0.39, 0.29) is 11.5 Å². The highest BCUT2D eigenvalue weighted by Gasteiger charge is 2.33. The molecular weight excluding hydrogens is 510 g/mol. The molecule has 6 heteroatoms. The Balaban J connectivity index is 1.72. The lowest BCUT2D eigenvalue weighted by atomic mass is 9.89. The van der Waals surface area contributed by atoms with Gasteiger partial charge in [0, 0.05) is 6.54 Å². The van der Waals surface area contributed by atoms with Gasteiger partial charge in [-0.05, 0) is 61.2 Å². The Morgan fingerprint density at radius 1 is 0.902 bits per heavy atom. The van der Waals surface area contributed by atoms with Gasteiger partial charge in [-0.1, -0.05) is 85.8 Å². The van der Waals surface area contributed by atoms with Crippen molar-refractivity contribution in [3.63, 3.8) is 0 Å². The van der Waals surface area contributed by atoms with Crippen LogP contribution >= 0.6 is 0 Å². The minimum atomic E-state index is -0.514. The third kappa shape index (κ3) is 5.50. The van der Waals surface area contributed by atoms with Gasteiger partial charge in [0.05, 0.1) is 35.7 Å². The van der Waals surface area contributed by atoms with Crippen LogP contribution in [-0.2, 0) is 4.79 Å². The van der Waals surface area contributed by atoms with Gasteiger partial charge in [0.25, 0.3) is 5.56 Å². The molecule has 0 saturated carbocycles. The summed E-state index contributed by atoms with van der Waals surface area (Å²) < 4.78 is 7.32. The van der Waals surface area contributed by atoms with Crippen LogP contribution in [0.25, 0.3) is 16.6 Å². The number of carbonyl (C=O) groups excluding carboxylic acids is 1. The number of para-hydroxylation sites is 1. The van der Waals surface area contributed by atoms with Gasteiger partial charge in [0.15, 0.2) is 0 Å². The topological polar surface area (TPSA) is 64.4 Å². The number of aryl methyl sites for hydroxylation is 1. The lowest BCUT2D eigenvalue weighted by Gasteiger charge is -2.33. The van der Waals surface area contributed by atoms with Gasteiger partial charge in [-0.3, -0.25) is 14.2 Å². The molecule has 1 unspecified atom stereocenters. The molecule has 41 heavy (non-hydrogen) atoms. The van der Waals surface area contributed by atoms with Crippen LogP contribution in [0.15, 0.2) is 108 Å². The molecule has 0 bridgehead atoms. The first kappa shape index (κ1) is 27.8. The smallest absolute Gasteiger partial charge is 0.266 e. The molecule has 5 rings (SSSR count). The third-order valence-electron chi connectivity index (χ3n) is 7.48. The Morgan fingerprint density at radius 2 is 1.51 bits per heavy atom. The van der Waals surface area contributed by atoms with Crippen molar-refractivity contribution in [2.75, 3.05) is 13.7 Å². The molecule has 0 saturated heterocycles. The maximum atomic E-state index is 14.6. The fourth-order valence-corrected chi connectivity index (χ4v) is 5.45. The minimum absolute atomic E-state index is 0.0399. The van der Waals surface area contributed by atoms with E-state index in [4.69, 9.17) is 9.72 Å². The summed E-state index contributed by atoms with van der Waals surface area (Å²) in [6.07, 6.45) is 0.748. The van der Waals surface area contributed by atoms with Crippen molar-refractivity contribution in [2.45, 2.75) is 39.2 Å². The van der Waals surface area contributed by atoms with Gasteiger partial charge < -0.3 is 9.64 Å². The average molecular weight is 546 g/mol. The predicted octanol–water partition coefficient (Wildman–Crippen LogP) is 6.83. The van der Waals surface area contributed by atoms with Crippen molar-refractivity contribution in [1.82, 2.24) is 14.5 Å². The van der Waals surface area contributed by atoms with E-state index in [0.29, 0.717) is 34.7 Å². The van der Waals surface area contributed by atoms with Crippen LogP contribution in [-0.4, -0.2) is 34.0 Å². The highest BCUT2D eigenvalue weighted by atomic mass is 16.5. The Bertz CT molecular complexity index is 1670. The zero-order valence-electron chi connectivity index (χ0n) is 24.0. The van der Waals surface area contributed by atoms with Crippen molar-refractivity contribution >= 4 is 16.8 Å². The van der Waals surface area contributed by atoms with Gasteiger partial charge in [0.1, 0.15) is 11.6 Å². The summed E-state index contributed by atoms with van der Waals surface area (Å²) in [6, 6.07) is 32.3. The molecular formula is C35H35N3O3. The summed E-state index contributed by atoms with van der Waals surface area (Å²) >= 11 is 0. The molecule has 1 atom stereocenters. The average Bonchev–Trinajstić information content (AvgIpc) is 3.00. The summed E-state index contributed by atoms with van der Waals surface area (Å²) in [6.45, 7) is 6.49. The number of methoxy groups -OCH3 is 1. The first-order valence-electron chi connectivity index (χ1n) is 14.0. The third-order valence-corrected chi connectivity index (χ3v) is 7.48. The number of fused-ring (bicyclic) bond motifs is 1. The standard InChI is InChI=1S/C35H35N3O3/c1-5-22-37(35(40)32(26-14-8-6-9-15-26)27-16-10-7-11-17-27)25(3)33-36-29-19-13-12-18-28(29)34(39)38(33)30-23-24(2)20-21-31(30)41-4/h6-21,23,25,32H,5,22H2,1-4H3. The monoisotopic (exact) mass is 545 g/mol. The molecule has 4 aromatic carbocycles.